The van der Waals surface area contributed by atoms with E-state index in [4.69, 9.17) is 5.41 Å². The molecule has 0 saturated carbocycles. The summed E-state index contributed by atoms with van der Waals surface area (Å²) in [6, 6.07) is 5.96. The van der Waals surface area contributed by atoms with Crippen molar-refractivity contribution in [2.75, 3.05) is 19.0 Å². The van der Waals surface area contributed by atoms with Gasteiger partial charge in [-0.1, -0.05) is 17.8 Å². The van der Waals surface area contributed by atoms with Gasteiger partial charge in [0.1, 0.15) is 10.9 Å². The molecule has 23 heavy (non-hydrogen) atoms. The summed E-state index contributed by atoms with van der Waals surface area (Å²) in [6.45, 7) is 0. The van der Waals surface area contributed by atoms with Crippen LogP contribution in [0, 0.1) is 5.41 Å². The van der Waals surface area contributed by atoms with E-state index in [1.165, 1.54) is 23.1 Å². The predicted molar refractivity (Wildman–Crippen MR) is 102 cm³/mol. The molecule has 7 heteroatoms. The van der Waals surface area contributed by atoms with Crippen molar-refractivity contribution in [3.8, 4) is 0 Å². The lowest BCUT2D eigenvalue weighted by Crippen LogP contribution is -2.11. The molecule has 4 nitrogen and oxygen atoms in total. The molecule has 0 aliphatic carbocycles. The van der Waals surface area contributed by atoms with Crippen molar-refractivity contribution in [3.05, 3.63) is 49.7 Å². The number of nitrogens with zero attached hydrogens (tertiary/aromatic N) is 2. The number of halogens is 1. The minimum atomic E-state index is -0.532. The number of carbonyl (C=O) groups excluding carboxylic acids is 1. The monoisotopic (exact) mass is 407 g/mol. The Labute approximate surface area is 151 Å². The molecule has 0 amide bonds. The molecule has 0 unspecified atom stereocenters. The quantitative estimate of drug-likeness (QED) is 0.766. The summed E-state index contributed by atoms with van der Waals surface area (Å²) in [6.07, 6.45) is 3.52. The smallest absolute Gasteiger partial charge is 0.186 e. The summed E-state index contributed by atoms with van der Waals surface area (Å²) in [5, 5.41) is 11.0. The summed E-state index contributed by atoms with van der Waals surface area (Å²) in [5.74, 6) is -0.571. The van der Waals surface area contributed by atoms with Crippen LogP contribution in [-0.4, -0.2) is 29.9 Å². The number of rotatable bonds is 3. The van der Waals surface area contributed by atoms with Crippen molar-refractivity contribution in [2.24, 2.45) is 0 Å². The van der Waals surface area contributed by atoms with Crippen LogP contribution in [0.2, 0.25) is 0 Å². The van der Waals surface area contributed by atoms with Gasteiger partial charge in [0.15, 0.2) is 5.78 Å². The van der Waals surface area contributed by atoms with Crippen LogP contribution in [0.4, 0.5) is 5.69 Å². The molecule has 1 fully saturated rings. The van der Waals surface area contributed by atoms with E-state index in [-0.39, 0.29) is 5.78 Å². The first-order valence-corrected chi connectivity index (χ1v) is 9.34. The third-order valence-corrected chi connectivity index (χ3v) is 5.91. The summed E-state index contributed by atoms with van der Waals surface area (Å²) in [7, 11) is 3.96. The molecular weight excluding hydrogens is 394 g/mol. The van der Waals surface area contributed by atoms with Crippen molar-refractivity contribution in [3.63, 3.8) is 0 Å². The maximum Gasteiger partial charge on any atom is 0.186 e. The fraction of sp³-hybridized carbons (Fsp3) is 0.188. The largest absolute Gasteiger partial charge is 0.377 e. The van der Waals surface area contributed by atoms with Gasteiger partial charge in [-0.2, -0.15) is 0 Å². The lowest BCUT2D eigenvalue weighted by molar-refractivity contribution is -0.114. The highest BCUT2D eigenvalue weighted by molar-refractivity contribution is 9.10. The summed E-state index contributed by atoms with van der Waals surface area (Å²) in [4.78, 5) is 19.4. The number of anilines is 1. The van der Waals surface area contributed by atoms with Crippen molar-refractivity contribution in [1.29, 1.82) is 5.41 Å². The van der Waals surface area contributed by atoms with Gasteiger partial charge in [0.05, 0.1) is 15.6 Å². The molecule has 118 valence electrons. The van der Waals surface area contributed by atoms with Crippen LogP contribution in [0.5, 0.6) is 0 Å². The lowest BCUT2D eigenvalue weighted by Gasteiger charge is -2.14. The molecule has 2 heterocycles. The van der Waals surface area contributed by atoms with E-state index in [0.717, 1.165) is 15.7 Å². The summed E-state index contributed by atoms with van der Waals surface area (Å²) < 4.78 is 0.971. The van der Waals surface area contributed by atoms with E-state index in [9.17, 15) is 4.79 Å². The van der Waals surface area contributed by atoms with E-state index < -0.39 is 5.92 Å². The second kappa shape index (κ2) is 6.59. The molecular formula is C16H14BrN3OS2. The number of allylic oxidation sites excluding steroid dienone is 1. The van der Waals surface area contributed by atoms with Crippen molar-refractivity contribution < 1.29 is 4.79 Å². The molecule has 0 spiro atoms. The van der Waals surface area contributed by atoms with Crippen LogP contribution in [0.15, 0.2) is 39.2 Å². The number of thiazole rings is 1. The Morgan fingerprint density at radius 2 is 2.17 bits per heavy atom. The van der Waals surface area contributed by atoms with E-state index >= 15 is 0 Å². The van der Waals surface area contributed by atoms with E-state index in [1.54, 1.807) is 6.20 Å². The maximum absolute atomic E-state index is 12.6. The normalized spacial score (nSPS) is 19.6. The fourth-order valence-electron chi connectivity index (χ4n) is 2.32. The minimum absolute atomic E-state index is 0.0391. The molecule has 1 atom stereocenters. The number of aromatic nitrogens is 1. The number of benzene rings is 1. The van der Waals surface area contributed by atoms with E-state index in [2.05, 4.69) is 20.9 Å². The Bertz CT molecular complexity index is 800. The van der Waals surface area contributed by atoms with Crippen molar-refractivity contribution >= 4 is 61.6 Å². The Kier molecular flexibility index (Phi) is 4.70. The van der Waals surface area contributed by atoms with Gasteiger partial charge in [-0.05, 0) is 39.7 Å². The molecule has 1 N–H and O–H groups in total. The van der Waals surface area contributed by atoms with Crippen LogP contribution in [-0.2, 0) is 4.79 Å². The first-order chi connectivity index (χ1) is 11.0. The molecule has 1 aliphatic heterocycles. The fourth-order valence-corrected chi connectivity index (χ4v) is 4.87. The van der Waals surface area contributed by atoms with Gasteiger partial charge >= 0.3 is 0 Å². The number of hydrogen-bond acceptors (Lipinski definition) is 6. The van der Waals surface area contributed by atoms with Gasteiger partial charge in [0.25, 0.3) is 0 Å². The highest BCUT2D eigenvalue weighted by Gasteiger charge is 2.38. The predicted octanol–water partition coefficient (Wildman–Crippen LogP) is 4.39. The number of Topliss-reactive ketones (excluding diaryl/α,β-unsaturated/α-hetero) is 1. The zero-order valence-corrected chi connectivity index (χ0v) is 15.8. The Morgan fingerprint density at radius 1 is 1.39 bits per heavy atom. The first-order valence-electron chi connectivity index (χ1n) is 6.86. The van der Waals surface area contributed by atoms with Crippen LogP contribution in [0.25, 0.3) is 6.08 Å². The first kappa shape index (κ1) is 16.4. The Balaban J connectivity index is 1.90. The van der Waals surface area contributed by atoms with Gasteiger partial charge in [0.2, 0.25) is 0 Å². The van der Waals surface area contributed by atoms with Crippen LogP contribution in [0.1, 0.15) is 16.5 Å². The van der Waals surface area contributed by atoms with Crippen LogP contribution < -0.4 is 4.90 Å². The standard InChI is InChI=1S/C16H14BrN3OS2/c1-20(2)11-4-3-9(7-10(11)17)8-12-14(21)13(15(18)23-12)16-19-5-6-22-16/h3-8,13,18H,1-2H3/b12-8-,18-15?/t13-/m0/s1. The molecule has 1 aliphatic rings. The van der Waals surface area contributed by atoms with Gasteiger partial charge < -0.3 is 4.90 Å². The summed E-state index contributed by atoms with van der Waals surface area (Å²) >= 11 is 6.20. The second-order valence-corrected chi connectivity index (χ2v) is 8.11. The molecule has 1 aromatic heterocycles. The molecule has 0 bridgehead atoms. The third-order valence-electron chi connectivity index (χ3n) is 3.44. The molecule has 1 aromatic carbocycles. The maximum atomic E-state index is 12.6. The van der Waals surface area contributed by atoms with Crippen molar-refractivity contribution in [2.45, 2.75) is 5.92 Å². The summed E-state index contributed by atoms with van der Waals surface area (Å²) in [5.41, 5.74) is 2.01. The molecule has 3 rings (SSSR count). The average molecular weight is 408 g/mol. The molecule has 0 radical (unpaired) electrons. The Hall–Kier alpha value is -1.44. The average Bonchev–Trinajstić information content (AvgIpc) is 3.08. The van der Waals surface area contributed by atoms with E-state index in [1.807, 2.05) is 48.7 Å². The van der Waals surface area contributed by atoms with Gasteiger partial charge in [0, 0.05) is 30.1 Å². The Morgan fingerprint density at radius 3 is 2.78 bits per heavy atom. The zero-order chi connectivity index (χ0) is 16.6. The number of nitrogens with one attached hydrogen (secondary N) is 1. The van der Waals surface area contributed by atoms with Crippen molar-refractivity contribution in [1.82, 2.24) is 4.98 Å². The lowest BCUT2D eigenvalue weighted by atomic mass is 10.0. The van der Waals surface area contributed by atoms with Crippen LogP contribution >= 0.6 is 39.0 Å². The molecule has 1 saturated heterocycles. The van der Waals surface area contributed by atoms with E-state index in [0.29, 0.717) is 15.0 Å². The van der Waals surface area contributed by atoms with Gasteiger partial charge in [-0.3, -0.25) is 10.2 Å². The highest BCUT2D eigenvalue weighted by atomic mass is 79.9. The zero-order valence-electron chi connectivity index (χ0n) is 12.5. The number of thioether (sulfide) groups is 1. The number of carbonyl (C=O) groups is 1. The third kappa shape index (κ3) is 3.27. The van der Waals surface area contributed by atoms with Gasteiger partial charge in [-0.15, -0.1) is 11.3 Å². The molecule has 2 aromatic rings. The SMILES string of the molecule is CN(C)c1ccc(/C=C2\SC(=N)[C@@H](c3nccs3)C2=O)cc1Br. The van der Waals surface area contributed by atoms with Gasteiger partial charge in [-0.25, -0.2) is 4.98 Å². The van der Waals surface area contributed by atoms with Crippen LogP contribution in [0.3, 0.4) is 0 Å². The minimum Gasteiger partial charge on any atom is -0.377 e. The number of ketones is 1. The number of hydrogen-bond donors (Lipinski definition) is 1. The highest BCUT2D eigenvalue weighted by Crippen LogP contribution is 2.41. The second-order valence-electron chi connectivity index (χ2n) is 5.25. The topological polar surface area (TPSA) is 57.1 Å².